The molecule has 0 aromatic carbocycles. The highest BCUT2D eigenvalue weighted by atomic mass is 32.1. The van der Waals surface area contributed by atoms with E-state index in [0.29, 0.717) is 0 Å². The van der Waals surface area contributed by atoms with Crippen LogP contribution in [-0.4, -0.2) is 13.1 Å². The minimum absolute atomic E-state index is 1.17. The monoisotopic (exact) mass is 253 g/mol. The molecular formula is C15H27NS. The molecule has 98 valence electrons. The maximum Gasteiger partial charge on any atom is 0.00490 e. The van der Waals surface area contributed by atoms with Crippen LogP contribution in [0.2, 0.25) is 0 Å². The summed E-state index contributed by atoms with van der Waals surface area (Å²) in [5.41, 5.74) is 1.58. The Bertz CT molecular complexity index is 304. The fourth-order valence-electron chi connectivity index (χ4n) is 2.15. The Balaban J connectivity index is 1.99. The predicted octanol–water partition coefficient (Wildman–Crippen LogP) is 4.47. The number of rotatable bonds is 9. The predicted molar refractivity (Wildman–Crippen MR) is 79.1 cm³/mol. The van der Waals surface area contributed by atoms with Crippen LogP contribution < -0.4 is 5.32 Å². The molecule has 0 aliphatic rings. The highest BCUT2D eigenvalue weighted by Crippen LogP contribution is 2.22. The maximum absolute atomic E-state index is 3.46. The van der Waals surface area contributed by atoms with E-state index in [1.165, 1.54) is 61.4 Å². The summed E-state index contributed by atoms with van der Waals surface area (Å²) in [5.74, 6) is 0. The zero-order valence-corrected chi connectivity index (χ0v) is 12.5. The molecule has 1 aromatic heterocycles. The van der Waals surface area contributed by atoms with E-state index < -0.39 is 0 Å². The molecule has 0 saturated heterocycles. The van der Waals surface area contributed by atoms with Crippen molar-refractivity contribution in [2.24, 2.45) is 0 Å². The van der Waals surface area contributed by atoms with Gasteiger partial charge in [-0.1, -0.05) is 19.8 Å². The van der Waals surface area contributed by atoms with Crippen molar-refractivity contribution in [3.63, 3.8) is 0 Å². The standard InChI is InChI=1S/C15H27NS/c1-4-10-16-11-8-6-5-7-9-15-12-13(2)17-14(15)3/h12,16H,4-11H2,1-3H3. The number of nitrogens with one attached hydrogen (secondary N) is 1. The Morgan fingerprint density at radius 2 is 1.82 bits per heavy atom. The Morgan fingerprint density at radius 3 is 2.47 bits per heavy atom. The number of thiophene rings is 1. The van der Waals surface area contributed by atoms with Gasteiger partial charge in [-0.2, -0.15) is 0 Å². The average Bonchev–Trinajstić information content (AvgIpc) is 2.61. The molecule has 0 spiro atoms. The number of hydrogen-bond acceptors (Lipinski definition) is 2. The molecule has 0 saturated carbocycles. The van der Waals surface area contributed by atoms with Crippen LogP contribution >= 0.6 is 11.3 Å². The molecule has 1 rings (SSSR count). The molecule has 1 nitrogen and oxygen atoms in total. The molecular weight excluding hydrogens is 226 g/mol. The van der Waals surface area contributed by atoms with E-state index in [4.69, 9.17) is 0 Å². The highest BCUT2D eigenvalue weighted by Gasteiger charge is 2.01. The van der Waals surface area contributed by atoms with E-state index in [0.717, 1.165) is 0 Å². The first-order chi connectivity index (χ1) is 8.24. The molecule has 0 amide bonds. The summed E-state index contributed by atoms with van der Waals surface area (Å²) in [6, 6.07) is 2.36. The van der Waals surface area contributed by atoms with Crippen LogP contribution in [0.25, 0.3) is 0 Å². The fraction of sp³-hybridized carbons (Fsp3) is 0.733. The van der Waals surface area contributed by atoms with E-state index in [1.54, 1.807) is 5.56 Å². The average molecular weight is 253 g/mol. The van der Waals surface area contributed by atoms with Crippen molar-refractivity contribution in [3.05, 3.63) is 21.4 Å². The van der Waals surface area contributed by atoms with Gasteiger partial charge in [-0.3, -0.25) is 0 Å². The Hall–Kier alpha value is -0.340. The van der Waals surface area contributed by atoms with Gasteiger partial charge in [0.2, 0.25) is 0 Å². The normalized spacial score (nSPS) is 11.0. The van der Waals surface area contributed by atoms with Crippen LogP contribution in [0, 0.1) is 13.8 Å². The van der Waals surface area contributed by atoms with Crippen LogP contribution in [-0.2, 0) is 6.42 Å². The molecule has 0 radical (unpaired) electrons. The smallest absolute Gasteiger partial charge is 0.00490 e. The summed E-state index contributed by atoms with van der Waals surface area (Å²) >= 11 is 1.94. The molecule has 0 bridgehead atoms. The van der Waals surface area contributed by atoms with Crippen LogP contribution in [0.1, 0.15) is 54.3 Å². The first kappa shape index (κ1) is 14.7. The van der Waals surface area contributed by atoms with Crippen molar-refractivity contribution in [2.75, 3.05) is 13.1 Å². The molecule has 0 aliphatic carbocycles. The van der Waals surface area contributed by atoms with Gasteiger partial charge in [0, 0.05) is 9.75 Å². The van der Waals surface area contributed by atoms with Gasteiger partial charge in [-0.25, -0.2) is 0 Å². The second kappa shape index (κ2) is 8.71. The molecule has 1 heterocycles. The van der Waals surface area contributed by atoms with Crippen molar-refractivity contribution in [1.29, 1.82) is 0 Å². The van der Waals surface area contributed by atoms with Gasteiger partial charge < -0.3 is 5.32 Å². The third-order valence-corrected chi connectivity index (χ3v) is 4.13. The van der Waals surface area contributed by atoms with E-state index in [1.807, 2.05) is 11.3 Å². The van der Waals surface area contributed by atoms with Crippen molar-refractivity contribution < 1.29 is 0 Å². The molecule has 2 heteroatoms. The first-order valence-corrected chi connectivity index (χ1v) is 7.82. The van der Waals surface area contributed by atoms with E-state index in [2.05, 4.69) is 32.2 Å². The molecule has 1 N–H and O–H groups in total. The van der Waals surface area contributed by atoms with Crippen molar-refractivity contribution in [3.8, 4) is 0 Å². The third kappa shape index (κ3) is 6.23. The lowest BCUT2D eigenvalue weighted by molar-refractivity contribution is 0.584. The maximum atomic E-state index is 3.46. The Kier molecular flexibility index (Phi) is 7.54. The van der Waals surface area contributed by atoms with Gasteiger partial charge in [-0.05, 0) is 64.3 Å². The van der Waals surface area contributed by atoms with Gasteiger partial charge in [0.15, 0.2) is 0 Å². The molecule has 0 aliphatic heterocycles. The molecule has 17 heavy (non-hydrogen) atoms. The van der Waals surface area contributed by atoms with Crippen molar-refractivity contribution >= 4 is 11.3 Å². The zero-order chi connectivity index (χ0) is 12.5. The summed E-state index contributed by atoms with van der Waals surface area (Å²) in [7, 11) is 0. The van der Waals surface area contributed by atoms with Crippen LogP contribution in [0.5, 0.6) is 0 Å². The van der Waals surface area contributed by atoms with Gasteiger partial charge in [0.1, 0.15) is 0 Å². The van der Waals surface area contributed by atoms with Crippen molar-refractivity contribution in [1.82, 2.24) is 5.32 Å². The summed E-state index contributed by atoms with van der Waals surface area (Å²) in [6.07, 6.45) is 7.96. The molecule has 0 unspecified atom stereocenters. The summed E-state index contributed by atoms with van der Waals surface area (Å²) < 4.78 is 0. The van der Waals surface area contributed by atoms with Crippen LogP contribution in [0.15, 0.2) is 6.07 Å². The fourth-order valence-corrected chi connectivity index (χ4v) is 3.13. The van der Waals surface area contributed by atoms with E-state index in [9.17, 15) is 0 Å². The highest BCUT2D eigenvalue weighted by molar-refractivity contribution is 7.12. The van der Waals surface area contributed by atoms with Crippen LogP contribution in [0.3, 0.4) is 0 Å². The first-order valence-electron chi connectivity index (χ1n) is 7.00. The molecule has 0 atom stereocenters. The van der Waals surface area contributed by atoms with Crippen LogP contribution in [0.4, 0.5) is 0 Å². The van der Waals surface area contributed by atoms with Gasteiger partial charge in [0.25, 0.3) is 0 Å². The zero-order valence-electron chi connectivity index (χ0n) is 11.6. The van der Waals surface area contributed by atoms with Gasteiger partial charge >= 0.3 is 0 Å². The molecule has 1 aromatic rings. The van der Waals surface area contributed by atoms with E-state index >= 15 is 0 Å². The SMILES string of the molecule is CCCNCCCCCCc1cc(C)sc1C. The minimum Gasteiger partial charge on any atom is -0.317 e. The number of unbranched alkanes of at least 4 members (excludes halogenated alkanes) is 3. The van der Waals surface area contributed by atoms with Gasteiger partial charge in [-0.15, -0.1) is 11.3 Å². The van der Waals surface area contributed by atoms with Crippen molar-refractivity contribution in [2.45, 2.75) is 59.3 Å². The van der Waals surface area contributed by atoms with Gasteiger partial charge in [0.05, 0.1) is 0 Å². The summed E-state index contributed by atoms with van der Waals surface area (Å²) in [4.78, 5) is 2.98. The lowest BCUT2D eigenvalue weighted by Crippen LogP contribution is -2.15. The minimum atomic E-state index is 1.17. The number of hydrogen-bond donors (Lipinski definition) is 1. The largest absolute Gasteiger partial charge is 0.317 e. The second-order valence-electron chi connectivity index (χ2n) is 4.85. The quantitative estimate of drug-likeness (QED) is 0.640. The Morgan fingerprint density at radius 1 is 1.06 bits per heavy atom. The summed E-state index contributed by atoms with van der Waals surface area (Å²) in [6.45, 7) is 9.05. The topological polar surface area (TPSA) is 12.0 Å². The number of aryl methyl sites for hydroxylation is 3. The lowest BCUT2D eigenvalue weighted by Gasteiger charge is -2.03. The molecule has 0 fully saturated rings. The third-order valence-electron chi connectivity index (χ3n) is 3.12. The second-order valence-corrected chi connectivity index (χ2v) is 6.31. The lowest BCUT2D eigenvalue weighted by atomic mass is 10.1. The van der Waals surface area contributed by atoms with E-state index in [-0.39, 0.29) is 0 Å². The summed E-state index contributed by atoms with van der Waals surface area (Å²) in [5, 5.41) is 3.46. The Labute approximate surface area is 111 Å².